The number of hydrogen-bond donors (Lipinski definition) is 1. The number of para-hydroxylation sites is 1. The molecular formula is C27H27N5O3. The number of aromatic nitrogens is 4. The molecule has 0 aliphatic heterocycles. The Kier molecular flexibility index (Phi) is 5.72. The summed E-state index contributed by atoms with van der Waals surface area (Å²) in [6.45, 7) is 6.01. The van der Waals surface area contributed by atoms with Crippen molar-refractivity contribution >= 4 is 11.6 Å². The van der Waals surface area contributed by atoms with Gasteiger partial charge in [-0.2, -0.15) is 5.10 Å². The molecule has 2 aromatic carbocycles. The van der Waals surface area contributed by atoms with Gasteiger partial charge in [0.25, 0.3) is 0 Å². The van der Waals surface area contributed by atoms with Crippen molar-refractivity contribution in [2.45, 2.75) is 39.0 Å². The zero-order valence-corrected chi connectivity index (χ0v) is 20.2. The van der Waals surface area contributed by atoms with Crippen LogP contribution in [0.1, 0.15) is 35.4 Å². The highest BCUT2D eigenvalue weighted by Crippen LogP contribution is 2.52. The van der Waals surface area contributed by atoms with Gasteiger partial charge in [0, 0.05) is 23.0 Å². The Morgan fingerprint density at radius 2 is 1.71 bits per heavy atom. The van der Waals surface area contributed by atoms with E-state index in [4.69, 9.17) is 9.47 Å². The van der Waals surface area contributed by atoms with Crippen molar-refractivity contribution in [3.63, 3.8) is 0 Å². The number of ether oxygens (including phenoxy) is 2. The largest absolute Gasteiger partial charge is 0.496 e. The third-order valence-corrected chi connectivity index (χ3v) is 6.64. The highest BCUT2D eigenvalue weighted by Gasteiger charge is 2.52. The van der Waals surface area contributed by atoms with Crippen LogP contribution in [-0.2, 0) is 10.2 Å². The number of amides is 1. The molecule has 178 valence electrons. The van der Waals surface area contributed by atoms with E-state index in [1.807, 2.05) is 63.2 Å². The monoisotopic (exact) mass is 469 g/mol. The Balaban J connectivity index is 1.25. The standard InChI is InChI=1S/C27H27N5O3/c1-17-18(2)31-32(19(17)3)24-13-14-25(30-29-24)35-21-11-9-20(10-12-21)28-26(33)27(15-16-27)22-7-5-6-8-23(22)34-4/h5-14H,15-16H2,1-4H3,(H,28,33). The predicted octanol–water partition coefficient (Wildman–Crippen LogP) is 5.06. The summed E-state index contributed by atoms with van der Waals surface area (Å²) in [6.07, 6.45) is 1.60. The van der Waals surface area contributed by atoms with Gasteiger partial charge < -0.3 is 14.8 Å². The predicted molar refractivity (Wildman–Crippen MR) is 132 cm³/mol. The van der Waals surface area contributed by atoms with Gasteiger partial charge in [-0.1, -0.05) is 18.2 Å². The number of nitrogens with one attached hydrogen (secondary N) is 1. The summed E-state index contributed by atoms with van der Waals surface area (Å²) in [6, 6.07) is 18.5. The van der Waals surface area contributed by atoms with Crippen molar-refractivity contribution in [2.24, 2.45) is 0 Å². The molecule has 0 bridgehead atoms. The van der Waals surface area contributed by atoms with Crippen LogP contribution in [0.3, 0.4) is 0 Å². The molecule has 1 fully saturated rings. The number of hydrogen-bond acceptors (Lipinski definition) is 6. The molecule has 1 aliphatic rings. The molecule has 1 saturated carbocycles. The molecule has 0 saturated heterocycles. The van der Waals surface area contributed by atoms with Crippen LogP contribution in [0.5, 0.6) is 17.4 Å². The quantitative estimate of drug-likeness (QED) is 0.407. The highest BCUT2D eigenvalue weighted by molar-refractivity contribution is 6.01. The molecule has 1 amide bonds. The Morgan fingerprint density at radius 3 is 2.31 bits per heavy atom. The first-order chi connectivity index (χ1) is 16.9. The minimum Gasteiger partial charge on any atom is -0.496 e. The second-order valence-electron chi connectivity index (χ2n) is 8.80. The van der Waals surface area contributed by atoms with Crippen LogP contribution in [0, 0.1) is 20.8 Å². The van der Waals surface area contributed by atoms with Gasteiger partial charge in [-0.25, -0.2) is 4.68 Å². The van der Waals surface area contributed by atoms with E-state index in [-0.39, 0.29) is 5.91 Å². The lowest BCUT2D eigenvalue weighted by molar-refractivity contribution is -0.118. The number of rotatable bonds is 7. The van der Waals surface area contributed by atoms with Crippen LogP contribution in [0.2, 0.25) is 0 Å². The summed E-state index contributed by atoms with van der Waals surface area (Å²) in [4.78, 5) is 13.1. The first-order valence-electron chi connectivity index (χ1n) is 11.5. The maximum Gasteiger partial charge on any atom is 0.238 e. The van der Waals surface area contributed by atoms with Crippen LogP contribution >= 0.6 is 0 Å². The summed E-state index contributed by atoms with van der Waals surface area (Å²) < 4.78 is 13.1. The molecule has 1 aliphatic carbocycles. The van der Waals surface area contributed by atoms with E-state index in [0.29, 0.717) is 23.1 Å². The molecule has 2 aromatic heterocycles. The average Bonchev–Trinajstić information content (AvgIpc) is 3.65. The lowest BCUT2D eigenvalue weighted by atomic mass is 9.94. The Bertz CT molecular complexity index is 1370. The smallest absolute Gasteiger partial charge is 0.238 e. The summed E-state index contributed by atoms with van der Waals surface area (Å²) in [5.74, 6) is 2.31. The number of nitrogens with zero attached hydrogens (tertiary/aromatic N) is 4. The number of methoxy groups -OCH3 is 1. The molecule has 0 spiro atoms. The Morgan fingerprint density at radius 1 is 0.971 bits per heavy atom. The summed E-state index contributed by atoms with van der Waals surface area (Å²) in [5.41, 5.74) is 4.22. The van der Waals surface area contributed by atoms with E-state index in [1.54, 1.807) is 30.0 Å². The van der Waals surface area contributed by atoms with E-state index >= 15 is 0 Å². The normalized spacial score (nSPS) is 13.8. The van der Waals surface area contributed by atoms with Crippen molar-refractivity contribution in [1.29, 1.82) is 0 Å². The van der Waals surface area contributed by atoms with Crippen molar-refractivity contribution in [3.8, 4) is 23.2 Å². The van der Waals surface area contributed by atoms with Crippen molar-refractivity contribution < 1.29 is 14.3 Å². The fourth-order valence-corrected chi connectivity index (χ4v) is 4.19. The van der Waals surface area contributed by atoms with E-state index in [2.05, 4.69) is 20.6 Å². The Hall–Kier alpha value is -4.20. The lowest BCUT2D eigenvalue weighted by Crippen LogP contribution is -2.28. The van der Waals surface area contributed by atoms with E-state index in [0.717, 1.165) is 41.1 Å². The Labute approximate surface area is 203 Å². The molecule has 1 N–H and O–H groups in total. The minimum absolute atomic E-state index is 0.0310. The number of anilines is 1. The average molecular weight is 470 g/mol. The van der Waals surface area contributed by atoms with Gasteiger partial charge in [-0.15, -0.1) is 10.2 Å². The fraction of sp³-hybridized carbons (Fsp3) is 0.259. The molecule has 8 nitrogen and oxygen atoms in total. The molecule has 2 heterocycles. The lowest BCUT2D eigenvalue weighted by Gasteiger charge is -2.18. The molecule has 8 heteroatoms. The third kappa shape index (κ3) is 4.23. The zero-order valence-electron chi connectivity index (χ0n) is 20.2. The summed E-state index contributed by atoms with van der Waals surface area (Å²) >= 11 is 0. The first kappa shape index (κ1) is 22.6. The minimum atomic E-state index is -0.539. The topological polar surface area (TPSA) is 91.2 Å². The van der Waals surface area contributed by atoms with Gasteiger partial charge in [-0.05, 0) is 75.6 Å². The van der Waals surface area contributed by atoms with Crippen LogP contribution in [0.4, 0.5) is 5.69 Å². The summed E-state index contributed by atoms with van der Waals surface area (Å²) in [7, 11) is 1.63. The van der Waals surface area contributed by atoms with Gasteiger partial charge in [-0.3, -0.25) is 4.79 Å². The zero-order chi connectivity index (χ0) is 24.6. The van der Waals surface area contributed by atoms with Crippen LogP contribution in [0.15, 0.2) is 60.7 Å². The molecule has 5 rings (SSSR count). The van der Waals surface area contributed by atoms with Crippen LogP contribution in [-0.4, -0.2) is 33.0 Å². The summed E-state index contributed by atoms with van der Waals surface area (Å²) in [5, 5.41) is 16.0. The second kappa shape index (κ2) is 8.87. The van der Waals surface area contributed by atoms with Crippen LogP contribution < -0.4 is 14.8 Å². The van der Waals surface area contributed by atoms with Gasteiger partial charge in [0.2, 0.25) is 11.8 Å². The molecule has 35 heavy (non-hydrogen) atoms. The number of benzene rings is 2. The second-order valence-corrected chi connectivity index (χ2v) is 8.80. The van der Waals surface area contributed by atoms with Crippen molar-refractivity contribution in [2.75, 3.05) is 12.4 Å². The van der Waals surface area contributed by atoms with Gasteiger partial charge in [0.05, 0.1) is 18.2 Å². The van der Waals surface area contributed by atoms with E-state index in [1.165, 1.54) is 0 Å². The number of aryl methyl sites for hydroxylation is 1. The molecule has 0 unspecified atom stereocenters. The van der Waals surface area contributed by atoms with Crippen molar-refractivity contribution in [3.05, 3.63) is 83.2 Å². The maximum absolute atomic E-state index is 13.1. The molecule has 0 radical (unpaired) electrons. The van der Waals surface area contributed by atoms with Gasteiger partial charge in [0.1, 0.15) is 11.5 Å². The van der Waals surface area contributed by atoms with Crippen LogP contribution in [0.25, 0.3) is 5.82 Å². The van der Waals surface area contributed by atoms with Crippen molar-refractivity contribution in [1.82, 2.24) is 20.0 Å². The molecule has 0 atom stereocenters. The van der Waals surface area contributed by atoms with E-state index in [9.17, 15) is 4.79 Å². The number of carbonyl (C=O) groups excluding carboxylic acids is 1. The van der Waals surface area contributed by atoms with E-state index < -0.39 is 5.41 Å². The number of carbonyl (C=O) groups is 1. The highest BCUT2D eigenvalue weighted by atomic mass is 16.5. The van der Waals surface area contributed by atoms with Gasteiger partial charge in [0.15, 0.2) is 5.82 Å². The fourth-order valence-electron chi connectivity index (χ4n) is 4.19. The molecular weight excluding hydrogens is 442 g/mol. The molecule has 4 aromatic rings. The SMILES string of the molecule is COc1ccccc1C1(C(=O)Nc2ccc(Oc3ccc(-n4nc(C)c(C)c4C)nn3)cc2)CC1. The maximum atomic E-state index is 13.1. The third-order valence-electron chi connectivity index (χ3n) is 6.64. The van der Waals surface area contributed by atoms with Gasteiger partial charge >= 0.3 is 0 Å². The first-order valence-corrected chi connectivity index (χ1v) is 11.5.